The van der Waals surface area contributed by atoms with E-state index in [1.165, 1.54) is 24.3 Å². The quantitative estimate of drug-likeness (QED) is 0.163. The zero-order valence-corrected chi connectivity index (χ0v) is 27.0. The van der Waals surface area contributed by atoms with E-state index in [-0.39, 0.29) is 40.0 Å². The summed E-state index contributed by atoms with van der Waals surface area (Å²) >= 11 is 0. The number of hydrogen-bond donors (Lipinski definition) is 2. The molecule has 1 unspecified atom stereocenters. The number of piperazine rings is 1. The van der Waals surface area contributed by atoms with E-state index >= 15 is 4.39 Å². The number of nitrogens with one attached hydrogen (secondary N) is 1. The standard InChI is InChI=1S/C37H40F2N6O3/c1-3-5-6-25-21-45(12-11-40-25)35-30-20-41-33(28-18-26(46)17-24-7-8-31(39)27(4-2)32(24)28)29(19-38)34(30)42-36(43-35)48-23-37(9-10-37)22-44-13-15-47-16-14-44/h2-3,7-8,17-18,20,25,40,46H,1,5-6,9-16,19,21-23H2. The average molecular weight is 655 g/mol. The summed E-state index contributed by atoms with van der Waals surface area (Å²) < 4.78 is 42.2. The van der Waals surface area contributed by atoms with Gasteiger partial charge in [-0.25, -0.2) is 8.78 Å². The van der Waals surface area contributed by atoms with Crippen LogP contribution in [-0.2, 0) is 11.4 Å². The molecule has 0 amide bonds. The van der Waals surface area contributed by atoms with Crippen LogP contribution in [0.3, 0.4) is 0 Å². The first-order valence-corrected chi connectivity index (χ1v) is 16.6. The first kappa shape index (κ1) is 32.2. The second kappa shape index (κ2) is 13.6. The predicted molar refractivity (Wildman–Crippen MR) is 183 cm³/mol. The summed E-state index contributed by atoms with van der Waals surface area (Å²) in [4.78, 5) is 19.1. The molecule has 3 aliphatic rings. The zero-order valence-electron chi connectivity index (χ0n) is 27.0. The Morgan fingerprint density at radius 3 is 2.79 bits per heavy atom. The van der Waals surface area contributed by atoms with E-state index in [0.717, 1.165) is 65.1 Å². The van der Waals surface area contributed by atoms with E-state index < -0.39 is 12.5 Å². The Kier molecular flexibility index (Phi) is 9.14. The molecule has 48 heavy (non-hydrogen) atoms. The molecule has 250 valence electrons. The predicted octanol–water partition coefficient (Wildman–Crippen LogP) is 5.38. The lowest BCUT2D eigenvalue weighted by atomic mass is 9.94. The lowest BCUT2D eigenvalue weighted by Crippen LogP contribution is -2.51. The summed E-state index contributed by atoms with van der Waals surface area (Å²) in [7, 11) is 0. The van der Waals surface area contributed by atoms with Gasteiger partial charge in [0.05, 0.1) is 42.0 Å². The maximum atomic E-state index is 15.3. The van der Waals surface area contributed by atoms with E-state index in [1.54, 1.807) is 6.20 Å². The Morgan fingerprint density at radius 1 is 1.21 bits per heavy atom. The Balaban J connectivity index is 1.33. The molecule has 2 saturated heterocycles. The lowest BCUT2D eigenvalue weighted by Gasteiger charge is -2.35. The van der Waals surface area contributed by atoms with Crippen LogP contribution in [0, 0.1) is 23.6 Å². The number of phenolic OH excluding ortho intramolecular Hbond substituents is 1. The van der Waals surface area contributed by atoms with Crippen molar-refractivity contribution in [1.29, 1.82) is 0 Å². The fourth-order valence-corrected chi connectivity index (χ4v) is 7.03. The number of allylic oxidation sites excluding steroid dienone is 1. The number of ether oxygens (including phenoxy) is 2. The number of terminal acetylenes is 1. The monoisotopic (exact) mass is 654 g/mol. The van der Waals surface area contributed by atoms with Gasteiger partial charge in [0.25, 0.3) is 0 Å². The third-order valence-electron chi connectivity index (χ3n) is 9.79. The molecular formula is C37H40F2N6O3. The van der Waals surface area contributed by atoms with Crippen LogP contribution in [0.15, 0.2) is 43.1 Å². The molecule has 4 aromatic rings. The highest BCUT2D eigenvalue weighted by Gasteiger charge is 2.45. The maximum Gasteiger partial charge on any atom is 0.318 e. The van der Waals surface area contributed by atoms with Crippen molar-refractivity contribution in [1.82, 2.24) is 25.2 Å². The van der Waals surface area contributed by atoms with Crippen molar-refractivity contribution in [3.63, 3.8) is 0 Å². The van der Waals surface area contributed by atoms with Crippen molar-refractivity contribution >= 4 is 27.5 Å². The van der Waals surface area contributed by atoms with Gasteiger partial charge in [0.2, 0.25) is 0 Å². The Labute approximate surface area is 279 Å². The van der Waals surface area contributed by atoms with Gasteiger partial charge in [-0.2, -0.15) is 9.97 Å². The average Bonchev–Trinajstić information content (AvgIpc) is 3.88. The number of fused-ring (bicyclic) bond motifs is 2. The number of halogens is 2. The van der Waals surface area contributed by atoms with Gasteiger partial charge in [0.15, 0.2) is 0 Å². The molecular weight excluding hydrogens is 614 g/mol. The normalized spacial score (nSPS) is 19.4. The third-order valence-corrected chi connectivity index (χ3v) is 9.79. The minimum absolute atomic E-state index is 0.0167. The van der Waals surface area contributed by atoms with Crippen LogP contribution < -0.4 is 15.0 Å². The van der Waals surface area contributed by atoms with Crippen molar-refractivity contribution in [2.24, 2.45) is 5.41 Å². The molecule has 1 atom stereocenters. The second-order valence-corrected chi connectivity index (χ2v) is 13.1. The molecule has 2 N–H and O–H groups in total. The number of aromatic nitrogens is 3. The van der Waals surface area contributed by atoms with Crippen LogP contribution in [0.5, 0.6) is 11.8 Å². The highest BCUT2D eigenvalue weighted by Crippen LogP contribution is 2.47. The lowest BCUT2D eigenvalue weighted by molar-refractivity contribution is 0.0231. The number of hydrogen-bond acceptors (Lipinski definition) is 9. The van der Waals surface area contributed by atoms with Crippen LogP contribution in [0.25, 0.3) is 32.9 Å². The third kappa shape index (κ3) is 6.40. The molecule has 1 saturated carbocycles. The number of phenols is 1. The first-order valence-electron chi connectivity index (χ1n) is 16.6. The largest absolute Gasteiger partial charge is 0.508 e. The number of alkyl halides is 1. The fraction of sp³-hybridized carbons (Fsp3) is 0.432. The van der Waals surface area contributed by atoms with Crippen molar-refractivity contribution < 1.29 is 23.4 Å². The number of benzene rings is 2. The zero-order chi connectivity index (χ0) is 33.3. The van der Waals surface area contributed by atoms with Gasteiger partial charge in [0.1, 0.15) is 24.1 Å². The summed E-state index contributed by atoms with van der Waals surface area (Å²) in [5, 5.41) is 15.7. The molecule has 2 aliphatic heterocycles. The molecule has 2 aromatic carbocycles. The number of nitrogens with zero attached hydrogens (tertiary/aromatic N) is 5. The van der Waals surface area contributed by atoms with Crippen LogP contribution >= 0.6 is 0 Å². The number of aromatic hydroxyl groups is 1. The Hall–Kier alpha value is -4.37. The number of pyridine rings is 1. The first-order chi connectivity index (χ1) is 23.4. The van der Waals surface area contributed by atoms with E-state index in [0.29, 0.717) is 52.8 Å². The highest BCUT2D eigenvalue weighted by atomic mass is 19.1. The van der Waals surface area contributed by atoms with E-state index in [1.807, 2.05) is 6.08 Å². The van der Waals surface area contributed by atoms with Crippen LogP contribution in [-0.4, -0.2) is 90.1 Å². The van der Waals surface area contributed by atoms with Gasteiger partial charge in [0, 0.05) is 73.4 Å². The van der Waals surface area contributed by atoms with Gasteiger partial charge in [-0.05, 0) is 49.3 Å². The Morgan fingerprint density at radius 2 is 2.04 bits per heavy atom. The van der Waals surface area contributed by atoms with Crippen molar-refractivity contribution in [3.8, 4) is 35.4 Å². The molecule has 1 aliphatic carbocycles. The van der Waals surface area contributed by atoms with Crippen LogP contribution in [0.2, 0.25) is 0 Å². The van der Waals surface area contributed by atoms with Gasteiger partial charge < -0.3 is 24.8 Å². The summed E-state index contributed by atoms with van der Waals surface area (Å²) in [5.41, 5.74) is 1.12. The highest BCUT2D eigenvalue weighted by molar-refractivity contribution is 6.04. The van der Waals surface area contributed by atoms with E-state index in [4.69, 9.17) is 30.8 Å². The topological polar surface area (TPSA) is 95.9 Å². The molecule has 11 heteroatoms. The van der Waals surface area contributed by atoms with E-state index in [9.17, 15) is 9.50 Å². The van der Waals surface area contributed by atoms with E-state index in [2.05, 4.69) is 27.6 Å². The van der Waals surface area contributed by atoms with Crippen molar-refractivity contribution in [2.75, 3.05) is 64.0 Å². The summed E-state index contributed by atoms with van der Waals surface area (Å²) in [6.07, 6.45) is 13.2. The smallest absolute Gasteiger partial charge is 0.318 e. The number of morpholine rings is 1. The summed E-state index contributed by atoms with van der Waals surface area (Å²) in [6.45, 7) is 9.72. The summed E-state index contributed by atoms with van der Waals surface area (Å²) in [5.74, 6) is 2.40. The van der Waals surface area contributed by atoms with Crippen molar-refractivity contribution in [2.45, 2.75) is 38.4 Å². The van der Waals surface area contributed by atoms with Gasteiger partial charge in [-0.15, -0.1) is 13.0 Å². The van der Waals surface area contributed by atoms with Crippen LogP contribution in [0.4, 0.5) is 14.6 Å². The van der Waals surface area contributed by atoms with Gasteiger partial charge in [-0.1, -0.05) is 18.1 Å². The van der Waals surface area contributed by atoms with Crippen molar-refractivity contribution in [3.05, 3.63) is 60.1 Å². The molecule has 7 rings (SSSR count). The van der Waals surface area contributed by atoms with Crippen LogP contribution in [0.1, 0.15) is 36.8 Å². The molecule has 0 bridgehead atoms. The molecule has 3 fully saturated rings. The SMILES string of the molecule is C#Cc1c(F)ccc2cc(O)cc(-c3ncc4c(N5CCNC(CCC=C)C5)nc(OCC5(CN6CCOCC6)CC5)nc4c3CF)c12. The summed E-state index contributed by atoms with van der Waals surface area (Å²) in [6, 6.07) is 6.13. The number of rotatable bonds is 11. The maximum absolute atomic E-state index is 15.3. The minimum atomic E-state index is -0.919. The van der Waals surface area contributed by atoms with Gasteiger partial charge in [-0.3, -0.25) is 9.88 Å². The van der Waals surface area contributed by atoms with Gasteiger partial charge >= 0.3 is 6.01 Å². The molecule has 0 spiro atoms. The molecule has 9 nitrogen and oxygen atoms in total. The number of anilines is 1. The second-order valence-electron chi connectivity index (χ2n) is 13.1. The fourth-order valence-electron chi connectivity index (χ4n) is 7.03. The molecule has 4 heterocycles. The minimum Gasteiger partial charge on any atom is -0.508 e. The molecule has 2 aromatic heterocycles. The molecule has 0 radical (unpaired) electrons. The Bertz CT molecular complexity index is 1890.